The Morgan fingerprint density at radius 2 is 2.21 bits per heavy atom. The molecule has 1 aliphatic rings. The van der Waals surface area contributed by atoms with Gasteiger partial charge >= 0.3 is 0 Å². The summed E-state index contributed by atoms with van der Waals surface area (Å²) in [4.78, 5) is 0. The largest absolute Gasteiger partial charge is 0.399 e. The van der Waals surface area contributed by atoms with Crippen molar-refractivity contribution in [2.75, 3.05) is 5.73 Å². The fourth-order valence-corrected chi connectivity index (χ4v) is 2.36. The predicted octanol–water partition coefficient (Wildman–Crippen LogP) is 2.03. The van der Waals surface area contributed by atoms with E-state index in [-0.39, 0.29) is 5.82 Å². The minimum Gasteiger partial charge on any atom is -0.399 e. The van der Waals surface area contributed by atoms with Gasteiger partial charge in [-0.15, -0.1) is 5.10 Å². The Balaban J connectivity index is 2.00. The zero-order valence-corrected chi connectivity index (χ0v) is 11.0. The molecule has 0 bridgehead atoms. The van der Waals surface area contributed by atoms with Gasteiger partial charge in [0, 0.05) is 12.2 Å². The van der Waals surface area contributed by atoms with E-state index in [1.165, 1.54) is 6.42 Å². The summed E-state index contributed by atoms with van der Waals surface area (Å²) in [5.41, 5.74) is 7.17. The summed E-state index contributed by atoms with van der Waals surface area (Å²) >= 11 is 0. The average Bonchev–Trinajstić information content (AvgIpc) is 2.87. The molecule has 1 aromatic heterocycles. The van der Waals surface area contributed by atoms with E-state index in [4.69, 9.17) is 5.73 Å². The van der Waals surface area contributed by atoms with Crippen molar-refractivity contribution in [2.45, 2.75) is 26.8 Å². The number of rotatable bonds is 3. The molecule has 100 valence electrons. The zero-order chi connectivity index (χ0) is 13.6. The molecular weight excluding hydrogens is 245 g/mol. The first-order valence-corrected chi connectivity index (χ1v) is 6.38. The fraction of sp³-hybridized carbons (Fsp3) is 0.462. The van der Waals surface area contributed by atoms with E-state index in [1.807, 2.05) is 0 Å². The third-order valence-corrected chi connectivity index (χ3v) is 3.73. The molecule has 1 fully saturated rings. The molecule has 1 aliphatic carbocycles. The third kappa shape index (κ3) is 2.18. The molecule has 1 aromatic carbocycles. The maximum atomic E-state index is 14.2. The van der Waals surface area contributed by atoms with E-state index < -0.39 is 0 Å². The van der Waals surface area contributed by atoms with E-state index >= 15 is 0 Å². The molecule has 3 rings (SSSR count). The molecule has 1 saturated carbocycles. The lowest BCUT2D eigenvalue weighted by Crippen LogP contribution is -2.07. The highest BCUT2D eigenvalue weighted by Crippen LogP contribution is 2.39. The van der Waals surface area contributed by atoms with Crippen molar-refractivity contribution in [3.8, 4) is 11.4 Å². The van der Waals surface area contributed by atoms with Crippen molar-refractivity contribution in [2.24, 2.45) is 11.8 Å². The quantitative estimate of drug-likeness (QED) is 0.858. The second kappa shape index (κ2) is 4.29. The van der Waals surface area contributed by atoms with Crippen molar-refractivity contribution < 1.29 is 4.39 Å². The van der Waals surface area contributed by atoms with Crippen molar-refractivity contribution >= 4 is 5.69 Å². The lowest BCUT2D eigenvalue weighted by atomic mass is 10.1. The first kappa shape index (κ1) is 12.1. The van der Waals surface area contributed by atoms with Gasteiger partial charge in [-0.25, -0.2) is 9.07 Å². The highest BCUT2D eigenvalue weighted by Gasteiger charge is 2.34. The summed E-state index contributed by atoms with van der Waals surface area (Å²) in [5, 5.41) is 11.6. The van der Waals surface area contributed by atoms with Crippen LogP contribution in [0, 0.1) is 24.6 Å². The summed E-state index contributed by atoms with van der Waals surface area (Å²) < 4.78 is 15.9. The Kier molecular flexibility index (Phi) is 2.73. The van der Waals surface area contributed by atoms with E-state index in [1.54, 1.807) is 23.7 Å². The predicted molar refractivity (Wildman–Crippen MR) is 69.6 cm³/mol. The molecule has 19 heavy (non-hydrogen) atoms. The number of hydrogen-bond acceptors (Lipinski definition) is 4. The summed E-state index contributed by atoms with van der Waals surface area (Å²) in [5.74, 6) is 1.43. The van der Waals surface area contributed by atoms with Gasteiger partial charge in [0.15, 0.2) is 5.82 Å². The highest BCUT2D eigenvalue weighted by atomic mass is 19.1. The molecule has 0 aliphatic heterocycles. The van der Waals surface area contributed by atoms with Gasteiger partial charge < -0.3 is 5.73 Å². The Labute approximate surface area is 110 Å². The first-order chi connectivity index (χ1) is 9.06. The number of nitrogen functional groups attached to an aromatic ring is 1. The smallest absolute Gasteiger partial charge is 0.185 e. The number of nitrogens with two attached hydrogens (primary N) is 1. The molecule has 0 saturated heterocycles. The number of aromatic nitrogens is 4. The van der Waals surface area contributed by atoms with Gasteiger partial charge in [-0.3, -0.25) is 0 Å². The van der Waals surface area contributed by atoms with Crippen LogP contribution in [0.3, 0.4) is 0 Å². The van der Waals surface area contributed by atoms with Gasteiger partial charge in [-0.1, -0.05) is 6.92 Å². The average molecular weight is 261 g/mol. The number of aryl methyl sites for hydroxylation is 1. The number of tetrazole rings is 1. The SMILES string of the molecule is Cc1cc(N)cc(-c2nnnn2CC2CC2C)c1F. The molecule has 1 heterocycles. The van der Waals surface area contributed by atoms with E-state index in [2.05, 4.69) is 22.4 Å². The van der Waals surface area contributed by atoms with Gasteiger partial charge in [-0.2, -0.15) is 0 Å². The Morgan fingerprint density at radius 3 is 2.89 bits per heavy atom. The lowest BCUT2D eigenvalue weighted by molar-refractivity contribution is 0.526. The lowest BCUT2D eigenvalue weighted by Gasteiger charge is -2.08. The number of nitrogens with zero attached hydrogens (tertiary/aromatic N) is 4. The van der Waals surface area contributed by atoms with Gasteiger partial charge in [0.25, 0.3) is 0 Å². The van der Waals surface area contributed by atoms with E-state index in [0.29, 0.717) is 34.5 Å². The van der Waals surface area contributed by atoms with Crippen molar-refractivity contribution in [1.29, 1.82) is 0 Å². The molecule has 6 heteroatoms. The van der Waals surface area contributed by atoms with Crippen molar-refractivity contribution in [1.82, 2.24) is 20.2 Å². The second-order valence-corrected chi connectivity index (χ2v) is 5.36. The zero-order valence-electron chi connectivity index (χ0n) is 11.0. The number of anilines is 1. The molecule has 0 radical (unpaired) electrons. The minimum atomic E-state index is -0.311. The molecule has 0 spiro atoms. The van der Waals surface area contributed by atoms with Crippen LogP contribution in [0.4, 0.5) is 10.1 Å². The summed E-state index contributed by atoms with van der Waals surface area (Å²) in [6.07, 6.45) is 1.18. The minimum absolute atomic E-state index is 0.311. The summed E-state index contributed by atoms with van der Waals surface area (Å²) in [6.45, 7) is 4.61. The Bertz CT molecular complexity index is 621. The molecular formula is C13H16FN5. The maximum Gasteiger partial charge on any atom is 0.185 e. The van der Waals surface area contributed by atoms with Crippen LogP contribution >= 0.6 is 0 Å². The van der Waals surface area contributed by atoms with Crippen LogP contribution in [0.2, 0.25) is 0 Å². The molecule has 2 atom stereocenters. The van der Waals surface area contributed by atoms with E-state index in [9.17, 15) is 4.39 Å². The standard InChI is InChI=1S/C13H16FN5/c1-7-3-9(7)6-19-13(16-17-18-19)11-5-10(15)4-8(2)12(11)14/h4-5,7,9H,3,6,15H2,1-2H3. The van der Waals surface area contributed by atoms with Gasteiger partial charge in [0.2, 0.25) is 0 Å². The normalized spacial score (nSPS) is 21.6. The van der Waals surface area contributed by atoms with Crippen LogP contribution in [0.1, 0.15) is 18.9 Å². The summed E-state index contributed by atoms with van der Waals surface area (Å²) in [7, 11) is 0. The van der Waals surface area contributed by atoms with Gasteiger partial charge in [-0.05, 0) is 53.3 Å². The van der Waals surface area contributed by atoms with Crippen LogP contribution in [-0.2, 0) is 6.54 Å². The van der Waals surface area contributed by atoms with Gasteiger partial charge in [0.1, 0.15) is 5.82 Å². The van der Waals surface area contributed by atoms with Crippen molar-refractivity contribution in [3.05, 3.63) is 23.5 Å². The monoisotopic (exact) mass is 261 g/mol. The van der Waals surface area contributed by atoms with Crippen molar-refractivity contribution in [3.63, 3.8) is 0 Å². The van der Waals surface area contributed by atoms with Crippen LogP contribution in [0.15, 0.2) is 12.1 Å². The maximum absolute atomic E-state index is 14.2. The van der Waals surface area contributed by atoms with Crippen LogP contribution in [0.5, 0.6) is 0 Å². The van der Waals surface area contributed by atoms with E-state index in [0.717, 1.165) is 6.54 Å². The molecule has 2 unspecified atom stereocenters. The van der Waals surface area contributed by atoms with Crippen LogP contribution in [0.25, 0.3) is 11.4 Å². The van der Waals surface area contributed by atoms with Crippen LogP contribution in [-0.4, -0.2) is 20.2 Å². The highest BCUT2D eigenvalue weighted by molar-refractivity contribution is 5.63. The molecule has 2 aromatic rings. The summed E-state index contributed by atoms with van der Waals surface area (Å²) in [6, 6.07) is 3.19. The molecule has 5 nitrogen and oxygen atoms in total. The Hall–Kier alpha value is -1.98. The Morgan fingerprint density at radius 1 is 1.47 bits per heavy atom. The first-order valence-electron chi connectivity index (χ1n) is 6.38. The topological polar surface area (TPSA) is 69.6 Å². The van der Waals surface area contributed by atoms with Gasteiger partial charge in [0.05, 0.1) is 5.56 Å². The molecule has 2 N–H and O–H groups in total. The molecule has 0 amide bonds. The number of halogens is 1. The number of benzene rings is 1. The van der Waals surface area contributed by atoms with Crippen LogP contribution < -0.4 is 5.73 Å². The third-order valence-electron chi connectivity index (χ3n) is 3.73. The fourth-order valence-electron chi connectivity index (χ4n) is 2.36. The number of hydrogen-bond donors (Lipinski definition) is 1. The second-order valence-electron chi connectivity index (χ2n) is 5.36.